The Morgan fingerprint density at radius 2 is 0.692 bits per heavy atom. The zero-order valence-corrected chi connectivity index (χ0v) is 28.1. The molecule has 0 atom stereocenters. The Hall–Kier alpha value is 0.599. The minimum atomic E-state index is 0. The van der Waals surface area contributed by atoms with Gasteiger partial charge in [0.05, 0.1) is 0 Å². The molecule has 0 spiro atoms. The van der Waals surface area contributed by atoms with Crippen LogP contribution in [0.25, 0.3) is 0 Å². The molecule has 39 heavy (non-hydrogen) atoms. The van der Waals surface area contributed by atoms with Crippen LogP contribution in [-0.2, 0) is 29.9 Å². The van der Waals surface area contributed by atoms with E-state index in [0.717, 1.165) is 0 Å². The topological polar surface area (TPSA) is 0 Å². The van der Waals surface area contributed by atoms with Crippen molar-refractivity contribution in [1.29, 1.82) is 0 Å². The molecule has 0 nitrogen and oxygen atoms in total. The fourth-order valence-corrected chi connectivity index (χ4v) is 17.5. The Morgan fingerprint density at radius 3 is 0.974 bits per heavy atom. The molecular weight excluding hydrogens is 550 g/mol. The van der Waals surface area contributed by atoms with Gasteiger partial charge in [-0.15, -0.1) is 0 Å². The molecule has 5 aliphatic carbocycles. The zero-order chi connectivity index (χ0) is 25.8. The number of benzene rings is 1. The second-order valence-electron chi connectivity index (χ2n) is 13.6. The van der Waals surface area contributed by atoms with E-state index >= 15 is 0 Å². The molecule has 0 N–H and O–H groups in total. The molecule has 3 heteroatoms. The summed E-state index contributed by atoms with van der Waals surface area (Å²) in [7, 11) is 0.689. The van der Waals surface area contributed by atoms with E-state index in [-0.39, 0.29) is 17.1 Å². The van der Waals surface area contributed by atoms with Gasteiger partial charge in [0.15, 0.2) is 0 Å². The standard InChI is InChI=1S/C26H48P2.C10H12.Fe/c1-5-13-23(14-6-1)27(24-15-7-2-8-16-24)21-22-28(25-17-9-3-10-18-25)26-19-11-4-12-20-26;1-2-6-10-8-4-3-7-9(10)5-1;/h23-26H,1-22H2;1-2,5-6H,3-4,7-8H2;. The first-order valence-corrected chi connectivity index (χ1v) is 20.8. The van der Waals surface area contributed by atoms with Gasteiger partial charge in [0, 0.05) is 17.1 Å². The molecule has 1 aromatic carbocycles. The van der Waals surface area contributed by atoms with Crippen LogP contribution < -0.4 is 0 Å². The minimum Gasteiger partial charge on any atom is -0.1000 e. The first-order valence-electron chi connectivity index (χ1n) is 17.5. The van der Waals surface area contributed by atoms with Crippen molar-refractivity contribution in [3.8, 4) is 0 Å². The Bertz CT molecular complexity index is 671. The van der Waals surface area contributed by atoms with Crippen molar-refractivity contribution in [3.63, 3.8) is 0 Å². The largest absolute Gasteiger partial charge is 0.1000 e. The van der Waals surface area contributed by atoms with Gasteiger partial charge in [-0.1, -0.05) is 117 Å². The van der Waals surface area contributed by atoms with E-state index in [9.17, 15) is 0 Å². The van der Waals surface area contributed by atoms with Gasteiger partial charge in [0.2, 0.25) is 0 Å². The van der Waals surface area contributed by atoms with E-state index in [4.69, 9.17) is 0 Å². The van der Waals surface area contributed by atoms with E-state index in [2.05, 4.69) is 24.3 Å². The smallest absolute Gasteiger partial charge is 0 e. The summed E-state index contributed by atoms with van der Waals surface area (Å²) < 4.78 is 0. The molecule has 222 valence electrons. The van der Waals surface area contributed by atoms with Crippen LogP contribution in [0, 0.1) is 0 Å². The van der Waals surface area contributed by atoms with Gasteiger partial charge in [0.25, 0.3) is 0 Å². The maximum Gasteiger partial charge on any atom is 0 e. The predicted octanol–water partition coefficient (Wildman–Crippen LogP) is 11.8. The maximum atomic E-state index is 2.26. The van der Waals surface area contributed by atoms with Crippen LogP contribution in [0.2, 0.25) is 0 Å². The van der Waals surface area contributed by atoms with Crippen molar-refractivity contribution in [2.45, 2.75) is 177 Å². The first kappa shape index (κ1) is 32.5. The first-order chi connectivity index (χ1) is 18.9. The van der Waals surface area contributed by atoms with Gasteiger partial charge >= 0.3 is 0 Å². The van der Waals surface area contributed by atoms with Gasteiger partial charge in [-0.25, -0.2) is 0 Å². The van der Waals surface area contributed by atoms with Crippen molar-refractivity contribution in [2.75, 3.05) is 12.3 Å². The predicted molar refractivity (Wildman–Crippen MR) is 174 cm³/mol. The normalized spacial score (nSPS) is 24.1. The molecule has 0 aromatic heterocycles. The van der Waals surface area contributed by atoms with E-state index in [0.29, 0.717) is 15.8 Å². The third kappa shape index (κ3) is 10.1. The van der Waals surface area contributed by atoms with E-state index in [1.807, 2.05) is 0 Å². The van der Waals surface area contributed by atoms with Crippen molar-refractivity contribution in [2.24, 2.45) is 0 Å². The van der Waals surface area contributed by atoms with Crippen LogP contribution in [0.15, 0.2) is 24.3 Å². The van der Waals surface area contributed by atoms with Gasteiger partial charge < -0.3 is 0 Å². The van der Waals surface area contributed by atoms with Gasteiger partial charge in [-0.2, -0.15) is 0 Å². The van der Waals surface area contributed by atoms with Crippen LogP contribution in [-0.4, -0.2) is 35.0 Å². The molecule has 0 unspecified atom stereocenters. The molecule has 6 rings (SSSR count). The van der Waals surface area contributed by atoms with Gasteiger partial charge in [-0.05, 0) is 123 Å². The monoisotopic (exact) mass is 610 g/mol. The number of hydrogen-bond donors (Lipinski definition) is 0. The molecule has 0 amide bonds. The molecule has 0 radical (unpaired) electrons. The van der Waals surface area contributed by atoms with Crippen molar-refractivity contribution < 1.29 is 17.1 Å². The molecule has 0 aliphatic heterocycles. The van der Waals surface area contributed by atoms with Crippen LogP contribution >= 0.6 is 15.8 Å². The van der Waals surface area contributed by atoms with Gasteiger partial charge in [-0.3, -0.25) is 0 Å². The molecule has 0 saturated heterocycles. The van der Waals surface area contributed by atoms with E-state index in [1.165, 1.54) is 48.3 Å². The number of fused-ring (bicyclic) bond motifs is 1. The van der Waals surface area contributed by atoms with Crippen LogP contribution in [0.4, 0.5) is 0 Å². The summed E-state index contributed by atoms with van der Waals surface area (Å²) in [4.78, 5) is 0. The summed E-state index contributed by atoms with van der Waals surface area (Å²) in [5, 5.41) is 0. The summed E-state index contributed by atoms with van der Waals surface area (Å²) in [6.45, 7) is 0. The summed E-state index contributed by atoms with van der Waals surface area (Å²) >= 11 is 0. The Kier molecular flexibility index (Phi) is 15.3. The van der Waals surface area contributed by atoms with Crippen molar-refractivity contribution >= 4 is 15.8 Å². The Balaban J connectivity index is 0.000000269. The fraction of sp³-hybridized carbons (Fsp3) is 0.833. The average Bonchev–Trinajstić information content (AvgIpc) is 3.01. The third-order valence-corrected chi connectivity index (χ3v) is 18.7. The van der Waals surface area contributed by atoms with E-state index < -0.39 is 0 Å². The number of aryl methyl sites for hydroxylation is 2. The second-order valence-corrected chi connectivity index (χ2v) is 19.5. The summed E-state index contributed by atoms with van der Waals surface area (Å²) in [6, 6.07) is 8.80. The summed E-state index contributed by atoms with van der Waals surface area (Å²) in [6.07, 6.45) is 40.4. The Morgan fingerprint density at radius 1 is 0.410 bits per heavy atom. The maximum absolute atomic E-state index is 2.26. The number of hydrogen-bond acceptors (Lipinski definition) is 0. The van der Waals surface area contributed by atoms with Gasteiger partial charge in [0.1, 0.15) is 0 Å². The van der Waals surface area contributed by atoms with Crippen LogP contribution in [0.5, 0.6) is 0 Å². The molecule has 4 saturated carbocycles. The molecule has 5 aliphatic rings. The minimum absolute atomic E-state index is 0. The zero-order valence-electron chi connectivity index (χ0n) is 25.3. The summed E-state index contributed by atoms with van der Waals surface area (Å²) in [5.74, 6) is 0. The van der Waals surface area contributed by atoms with Crippen LogP contribution in [0.3, 0.4) is 0 Å². The third-order valence-electron chi connectivity index (χ3n) is 11.1. The van der Waals surface area contributed by atoms with Crippen molar-refractivity contribution in [1.82, 2.24) is 0 Å². The molecular formula is C36H60FeP2. The SMILES string of the molecule is C1CCC(P(CCP(C2CCCCC2)C2CCCCC2)C2CCCCC2)CC1.[Fe].c1ccc2c(c1)CCCC2. The second kappa shape index (κ2) is 18.3. The molecule has 0 bridgehead atoms. The van der Waals surface area contributed by atoms with E-state index in [1.54, 1.807) is 152 Å². The Labute approximate surface area is 256 Å². The summed E-state index contributed by atoms with van der Waals surface area (Å²) in [5.41, 5.74) is 7.88. The van der Waals surface area contributed by atoms with Crippen LogP contribution in [0.1, 0.15) is 152 Å². The molecule has 1 aromatic rings. The quantitative estimate of drug-likeness (QED) is 0.213. The number of rotatable bonds is 7. The fourth-order valence-electron chi connectivity index (χ4n) is 8.88. The molecule has 0 heterocycles. The molecule has 4 fully saturated rings. The van der Waals surface area contributed by atoms with Crippen molar-refractivity contribution in [3.05, 3.63) is 35.4 Å². The average molecular weight is 611 g/mol.